The number of hydrogen-bond donors (Lipinski definition) is 2. The predicted molar refractivity (Wildman–Crippen MR) is 98.8 cm³/mol. The van der Waals surface area contributed by atoms with E-state index >= 15 is 0 Å². The molecule has 5 nitrogen and oxygen atoms in total. The molecule has 0 saturated carbocycles. The summed E-state index contributed by atoms with van der Waals surface area (Å²) in [6.45, 7) is 1.86. The Kier molecular flexibility index (Phi) is 5.82. The predicted octanol–water partition coefficient (Wildman–Crippen LogP) is 3.68. The second kappa shape index (κ2) is 7.84. The van der Waals surface area contributed by atoms with Gasteiger partial charge in [0.05, 0.1) is 0 Å². The summed E-state index contributed by atoms with van der Waals surface area (Å²) in [6, 6.07) is 12.6. The van der Waals surface area contributed by atoms with Gasteiger partial charge in [0, 0.05) is 36.2 Å². The molecule has 2 N–H and O–H groups in total. The summed E-state index contributed by atoms with van der Waals surface area (Å²) in [5, 5.41) is 5.94. The fourth-order valence-corrected chi connectivity index (χ4v) is 2.29. The van der Waals surface area contributed by atoms with Crippen molar-refractivity contribution < 1.29 is 9.59 Å². The molecule has 6 heteroatoms. The van der Waals surface area contributed by atoms with Crippen LogP contribution in [0.1, 0.15) is 12.0 Å². The van der Waals surface area contributed by atoms with E-state index in [4.69, 9.17) is 11.6 Å². The molecule has 24 heavy (non-hydrogen) atoms. The molecule has 0 saturated heterocycles. The zero-order valence-corrected chi connectivity index (χ0v) is 14.6. The van der Waals surface area contributed by atoms with E-state index in [1.165, 1.54) is 0 Å². The first-order valence-corrected chi connectivity index (χ1v) is 7.86. The molecule has 0 bridgehead atoms. The minimum absolute atomic E-state index is 0.263. The second-order valence-electron chi connectivity index (χ2n) is 5.67. The van der Waals surface area contributed by atoms with E-state index in [-0.39, 0.29) is 18.2 Å². The van der Waals surface area contributed by atoms with Gasteiger partial charge < -0.3 is 15.5 Å². The Balaban J connectivity index is 1.91. The fraction of sp³-hybridized carbons (Fsp3) is 0.222. The van der Waals surface area contributed by atoms with Gasteiger partial charge in [-0.1, -0.05) is 17.7 Å². The van der Waals surface area contributed by atoms with Gasteiger partial charge in [0.25, 0.3) is 0 Å². The molecule has 0 spiro atoms. The maximum Gasteiger partial charge on any atom is 0.233 e. The molecule has 0 aliphatic rings. The molecular weight excluding hydrogens is 326 g/mol. The minimum Gasteiger partial charge on any atom is -0.378 e. The topological polar surface area (TPSA) is 61.4 Å². The monoisotopic (exact) mass is 345 g/mol. The lowest BCUT2D eigenvalue weighted by Crippen LogP contribution is -2.21. The maximum absolute atomic E-state index is 12.0. The average Bonchev–Trinajstić information content (AvgIpc) is 2.51. The number of carbonyl (C=O) groups excluding carboxylic acids is 2. The van der Waals surface area contributed by atoms with Crippen molar-refractivity contribution in [1.29, 1.82) is 0 Å². The molecule has 0 atom stereocenters. The first-order valence-electron chi connectivity index (χ1n) is 7.48. The van der Waals surface area contributed by atoms with Crippen LogP contribution < -0.4 is 15.5 Å². The van der Waals surface area contributed by atoms with Crippen LogP contribution in [0.2, 0.25) is 5.02 Å². The Bertz CT molecular complexity index is 742. The number of amides is 2. The number of anilines is 3. The molecular formula is C18H20ClN3O2. The minimum atomic E-state index is -0.386. The largest absolute Gasteiger partial charge is 0.378 e. The summed E-state index contributed by atoms with van der Waals surface area (Å²) >= 11 is 5.91. The molecule has 0 radical (unpaired) electrons. The first-order chi connectivity index (χ1) is 11.3. The first kappa shape index (κ1) is 17.8. The van der Waals surface area contributed by atoms with Crippen LogP contribution in [0.5, 0.6) is 0 Å². The van der Waals surface area contributed by atoms with E-state index in [2.05, 4.69) is 10.6 Å². The summed E-state index contributed by atoms with van der Waals surface area (Å²) in [5.41, 5.74) is 3.17. The number of hydrogen-bond acceptors (Lipinski definition) is 3. The van der Waals surface area contributed by atoms with Gasteiger partial charge in [-0.2, -0.15) is 0 Å². The van der Waals surface area contributed by atoms with Crippen molar-refractivity contribution in [2.24, 2.45) is 0 Å². The molecule has 126 valence electrons. The number of halogens is 1. The Labute approximate surface area is 146 Å². The zero-order valence-electron chi connectivity index (χ0n) is 13.9. The van der Waals surface area contributed by atoms with E-state index < -0.39 is 0 Å². The summed E-state index contributed by atoms with van der Waals surface area (Å²) < 4.78 is 0. The van der Waals surface area contributed by atoms with E-state index in [1.54, 1.807) is 24.3 Å². The second-order valence-corrected chi connectivity index (χ2v) is 6.11. The molecule has 0 aliphatic carbocycles. The Morgan fingerprint density at radius 3 is 2.25 bits per heavy atom. The molecule has 0 fully saturated rings. The van der Waals surface area contributed by atoms with Gasteiger partial charge in [-0.3, -0.25) is 9.59 Å². The third kappa shape index (κ3) is 4.99. The third-order valence-corrected chi connectivity index (χ3v) is 3.70. The number of rotatable bonds is 5. The Hall–Kier alpha value is -2.53. The zero-order chi connectivity index (χ0) is 17.7. The van der Waals surface area contributed by atoms with Gasteiger partial charge in [0.1, 0.15) is 6.42 Å². The summed E-state index contributed by atoms with van der Waals surface area (Å²) in [5.74, 6) is -0.757. The highest BCUT2D eigenvalue weighted by Crippen LogP contribution is 2.20. The molecule has 2 amide bonds. The number of aryl methyl sites for hydroxylation is 1. The fourth-order valence-electron chi connectivity index (χ4n) is 2.12. The smallest absolute Gasteiger partial charge is 0.233 e. The highest BCUT2D eigenvalue weighted by atomic mass is 35.5. The van der Waals surface area contributed by atoms with Gasteiger partial charge in [-0.25, -0.2) is 0 Å². The highest BCUT2D eigenvalue weighted by molar-refractivity contribution is 6.31. The lowest BCUT2D eigenvalue weighted by Gasteiger charge is -2.13. The van der Waals surface area contributed by atoms with Crippen molar-refractivity contribution in [2.45, 2.75) is 13.3 Å². The van der Waals surface area contributed by atoms with Crippen molar-refractivity contribution in [1.82, 2.24) is 0 Å². The van der Waals surface area contributed by atoms with Gasteiger partial charge in [-0.05, 0) is 48.9 Å². The van der Waals surface area contributed by atoms with Gasteiger partial charge in [0.15, 0.2) is 0 Å². The third-order valence-electron chi connectivity index (χ3n) is 3.46. The molecule has 0 heterocycles. The van der Waals surface area contributed by atoms with Crippen LogP contribution in [0.15, 0.2) is 42.5 Å². The van der Waals surface area contributed by atoms with Crippen molar-refractivity contribution in [3.8, 4) is 0 Å². The Morgan fingerprint density at radius 1 is 1.00 bits per heavy atom. The molecule has 2 aromatic carbocycles. The van der Waals surface area contributed by atoms with E-state index in [0.717, 1.165) is 11.3 Å². The van der Waals surface area contributed by atoms with Crippen molar-refractivity contribution in [3.05, 3.63) is 53.1 Å². The van der Waals surface area contributed by atoms with Gasteiger partial charge in [0.2, 0.25) is 11.8 Å². The summed E-state index contributed by atoms with van der Waals surface area (Å²) in [7, 11) is 3.88. The maximum atomic E-state index is 12.0. The lowest BCUT2D eigenvalue weighted by molar-refractivity contribution is -0.123. The van der Waals surface area contributed by atoms with E-state index in [1.807, 2.05) is 44.1 Å². The van der Waals surface area contributed by atoms with Crippen LogP contribution in [0.3, 0.4) is 0 Å². The van der Waals surface area contributed by atoms with Crippen molar-refractivity contribution in [3.63, 3.8) is 0 Å². The average molecular weight is 346 g/mol. The van der Waals surface area contributed by atoms with Gasteiger partial charge >= 0.3 is 0 Å². The number of benzene rings is 2. The standard InChI is InChI=1S/C18H20ClN3O2/c1-12-4-5-13(19)10-16(12)21-18(24)11-17(23)20-14-6-8-15(9-7-14)22(2)3/h4-10H,11H2,1-3H3,(H,20,23)(H,21,24). The van der Waals surface area contributed by atoms with Crippen molar-refractivity contribution in [2.75, 3.05) is 29.6 Å². The van der Waals surface area contributed by atoms with Gasteiger partial charge in [-0.15, -0.1) is 0 Å². The number of carbonyl (C=O) groups is 2. The molecule has 0 aliphatic heterocycles. The molecule has 2 rings (SSSR count). The summed E-state index contributed by atoms with van der Waals surface area (Å²) in [6.07, 6.45) is -0.263. The molecule has 2 aromatic rings. The quantitative estimate of drug-likeness (QED) is 0.812. The van der Waals surface area contributed by atoms with Crippen molar-refractivity contribution >= 4 is 40.5 Å². The van der Waals surface area contributed by atoms with Crippen LogP contribution in [-0.2, 0) is 9.59 Å². The summed E-state index contributed by atoms with van der Waals surface area (Å²) in [4.78, 5) is 25.9. The highest BCUT2D eigenvalue weighted by Gasteiger charge is 2.11. The van der Waals surface area contributed by atoms with Crippen LogP contribution in [0.25, 0.3) is 0 Å². The molecule has 0 unspecified atom stereocenters. The van der Waals surface area contributed by atoms with E-state index in [0.29, 0.717) is 16.4 Å². The Morgan fingerprint density at radius 2 is 1.62 bits per heavy atom. The normalized spacial score (nSPS) is 10.2. The SMILES string of the molecule is Cc1ccc(Cl)cc1NC(=O)CC(=O)Nc1ccc(N(C)C)cc1. The van der Waals surface area contributed by atoms with Crippen LogP contribution in [-0.4, -0.2) is 25.9 Å². The van der Waals surface area contributed by atoms with Crippen LogP contribution in [0.4, 0.5) is 17.1 Å². The van der Waals surface area contributed by atoms with E-state index in [9.17, 15) is 9.59 Å². The number of nitrogens with zero attached hydrogens (tertiary/aromatic N) is 1. The molecule has 0 aromatic heterocycles. The van der Waals surface area contributed by atoms with Crippen LogP contribution >= 0.6 is 11.6 Å². The number of nitrogens with one attached hydrogen (secondary N) is 2. The van der Waals surface area contributed by atoms with Crippen LogP contribution in [0, 0.1) is 6.92 Å². The lowest BCUT2D eigenvalue weighted by atomic mass is 10.2.